The van der Waals surface area contributed by atoms with Crippen molar-refractivity contribution in [3.05, 3.63) is 29.3 Å². The highest BCUT2D eigenvalue weighted by atomic mass is 35.5. The van der Waals surface area contributed by atoms with Crippen molar-refractivity contribution in [2.45, 2.75) is 0 Å². The number of hydrogen-bond donors (Lipinski definition) is 2. The van der Waals surface area contributed by atoms with Crippen molar-refractivity contribution in [2.75, 3.05) is 40.5 Å². The SMILES string of the molecule is CN=C(NCCOC)NCCOc1cccc(Cl)c1. The van der Waals surface area contributed by atoms with Crippen molar-refractivity contribution in [1.29, 1.82) is 0 Å². The highest BCUT2D eigenvalue weighted by Crippen LogP contribution is 2.16. The van der Waals surface area contributed by atoms with Gasteiger partial charge in [-0.3, -0.25) is 4.99 Å². The lowest BCUT2D eigenvalue weighted by Crippen LogP contribution is -2.40. The van der Waals surface area contributed by atoms with E-state index >= 15 is 0 Å². The van der Waals surface area contributed by atoms with Crippen LogP contribution in [0.3, 0.4) is 0 Å². The third-order valence-electron chi connectivity index (χ3n) is 2.28. The summed E-state index contributed by atoms with van der Waals surface area (Å²) in [6.45, 7) is 2.54. The van der Waals surface area contributed by atoms with Gasteiger partial charge in [0.15, 0.2) is 5.96 Å². The number of guanidine groups is 1. The van der Waals surface area contributed by atoms with Crippen LogP contribution in [-0.4, -0.2) is 46.4 Å². The van der Waals surface area contributed by atoms with Crippen LogP contribution in [0.4, 0.5) is 0 Å². The predicted octanol–water partition coefficient (Wildman–Crippen LogP) is 1.53. The van der Waals surface area contributed by atoms with Gasteiger partial charge in [0.2, 0.25) is 0 Å². The van der Waals surface area contributed by atoms with Gasteiger partial charge in [-0.2, -0.15) is 0 Å². The summed E-state index contributed by atoms with van der Waals surface area (Å²) >= 11 is 5.86. The molecule has 0 aromatic heterocycles. The fraction of sp³-hybridized carbons (Fsp3) is 0.462. The Morgan fingerprint density at radius 1 is 1.26 bits per heavy atom. The van der Waals surface area contributed by atoms with Gasteiger partial charge in [-0.1, -0.05) is 17.7 Å². The Bertz CT molecular complexity index is 399. The normalized spacial score (nSPS) is 11.2. The number of nitrogens with one attached hydrogen (secondary N) is 2. The average Bonchev–Trinajstić information content (AvgIpc) is 2.41. The zero-order chi connectivity index (χ0) is 13.9. The van der Waals surface area contributed by atoms with Gasteiger partial charge in [-0.15, -0.1) is 0 Å². The summed E-state index contributed by atoms with van der Waals surface area (Å²) in [5.41, 5.74) is 0. The molecular formula is C13H20ClN3O2. The molecule has 0 aliphatic heterocycles. The van der Waals surface area contributed by atoms with Crippen LogP contribution in [0.5, 0.6) is 5.75 Å². The molecule has 106 valence electrons. The van der Waals surface area contributed by atoms with Crippen LogP contribution in [0.15, 0.2) is 29.3 Å². The maximum atomic E-state index is 5.86. The molecule has 0 saturated carbocycles. The number of ether oxygens (including phenoxy) is 2. The van der Waals surface area contributed by atoms with Crippen LogP contribution in [0.25, 0.3) is 0 Å². The minimum absolute atomic E-state index is 0.533. The van der Waals surface area contributed by atoms with Crippen LogP contribution < -0.4 is 15.4 Å². The molecule has 0 aliphatic rings. The molecule has 0 spiro atoms. The van der Waals surface area contributed by atoms with Crippen molar-refractivity contribution in [1.82, 2.24) is 10.6 Å². The quantitative estimate of drug-likeness (QED) is 0.453. The van der Waals surface area contributed by atoms with Gasteiger partial charge in [0, 0.05) is 25.7 Å². The second-order valence-corrected chi connectivity index (χ2v) is 4.16. The second-order valence-electron chi connectivity index (χ2n) is 3.72. The van der Waals surface area contributed by atoms with Crippen LogP contribution in [0.1, 0.15) is 0 Å². The first-order valence-corrected chi connectivity index (χ1v) is 6.46. The maximum Gasteiger partial charge on any atom is 0.191 e. The van der Waals surface area contributed by atoms with Crippen molar-refractivity contribution in [2.24, 2.45) is 4.99 Å². The van der Waals surface area contributed by atoms with Crippen LogP contribution in [-0.2, 0) is 4.74 Å². The average molecular weight is 286 g/mol. The summed E-state index contributed by atoms with van der Waals surface area (Å²) in [6, 6.07) is 7.33. The third kappa shape index (κ3) is 6.88. The predicted molar refractivity (Wildman–Crippen MR) is 78.2 cm³/mol. The van der Waals surface area contributed by atoms with E-state index in [1.165, 1.54) is 0 Å². The largest absolute Gasteiger partial charge is 0.492 e. The molecule has 0 bridgehead atoms. The molecule has 1 aromatic carbocycles. The molecule has 1 aromatic rings. The number of aliphatic imine (C=N–C) groups is 1. The Labute approximate surface area is 119 Å². The molecule has 0 unspecified atom stereocenters. The zero-order valence-corrected chi connectivity index (χ0v) is 12.0. The van der Waals surface area contributed by atoms with Gasteiger partial charge in [0.1, 0.15) is 12.4 Å². The first-order chi connectivity index (χ1) is 9.26. The highest BCUT2D eigenvalue weighted by molar-refractivity contribution is 6.30. The fourth-order valence-corrected chi connectivity index (χ4v) is 1.57. The van der Waals surface area contributed by atoms with E-state index in [-0.39, 0.29) is 0 Å². The molecule has 6 heteroatoms. The topological polar surface area (TPSA) is 54.9 Å². The summed E-state index contributed by atoms with van der Waals surface area (Å²) in [5, 5.41) is 6.92. The van der Waals surface area contributed by atoms with E-state index in [9.17, 15) is 0 Å². The van der Waals surface area contributed by atoms with Crippen LogP contribution >= 0.6 is 11.6 Å². The molecule has 0 fully saturated rings. The first-order valence-electron chi connectivity index (χ1n) is 6.08. The Kier molecular flexibility index (Phi) is 7.77. The minimum Gasteiger partial charge on any atom is -0.492 e. The molecule has 5 nitrogen and oxygen atoms in total. The van der Waals surface area contributed by atoms with E-state index in [4.69, 9.17) is 21.1 Å². The number of rotatable bonds is 7. The van der Waals surface area contributed by atoms with Gasteiger partial charge in [-0.25, -0.2) is 0 Å². The van der Waals surface area contributed by atoms with E-state index < -0.39 is 0 Å². The Morgan fingerprint density at radius 3 is 2.63 bits per heavy atom. The number of benzene rings is 1. The molecule has 0 amide bonds. The lowest BCUT2D eigenvalue weighted by atomic mass is 10.3. The molecule has 19 heavy (non-hydrogen) atoms. The summed E-state index contributed by atoms with van der Waals surface area (Å²) in [4.78, 5) is 4.08. The summed E-state index contributed by atoms with van der Waals surface area (Å²) in [7, 11) is 3.39. The van der Waals surface area contributed by atoms with Gasteiger partial charge in [0.05, 0.1) is 13.2 Å². The Balaban J connectivity index is 2.18. The molecule has 0 heterocycles. The van der Waals surface area contributed by atoms with Gasteiger partial charge < -0.3 is 20.1 Å². The number of hydrogen-bond acceptors (Lipinski definition) is 3. The lowest BCUT2D eigenvalue weighted by Gasteiger charge is -2.12. The van der Waals surface area contributed by atoms with Crippen molar-refractivity contribution < 1.29 is 9.47 Å². The van der Waals surface area contributed by atoms with Crippen molar-refractivity contribution in [3.63, 3.8) is 0 Å². The maximum absolute atomic E-state index is 5.86. The molecule has 1 rings (SSSR count). The summed E-state index contributed by atoms with van der Waals surface area (Å²) in [6.07, 6.45) is 0. The highest BCUT2D eigenvalue weighted by Gasteiger charge is 1.97. The zero-order valence-electron chi connectivity index (χ0n) is 11.3. The van der Waals surface area contributed by atoms with E-state index in [0.29, 0.717) is 31.3 Å². The second kappa shape index (κ2) is 9.47. The summed E-state index contributed by atoms with van der Waals surface area (Å²) < 4.78 is 10.5. The summed E-state index contributed by atoms with van der Waals surface area (Å²) in [5.74, 6) is 1.49. The monoisotopic (exact) mass is 285 g/mol. The Morgan fingerprint density at radius 2 is 2.00 bits per heavy atom. The van der Waals surface area contributed by atoms with Crippen molar-refractivity contribution in [3.8, 4) is 5.75 Å². The fourth-order valence-electron chi connectivity index (χ4n) is 1.39. The van der Waals surface area contributed by atoms with E-state index in [0.717, 1.165) is 11.7 Å². The molecule has 0 radical (unpaired) electrons. The van der Waals surface area contributed by atoms with Gasteiger partial charge in [0.25, 0.3) is 0 Å². The van der Waals surface area contributed by atoms with E-state index in [1.807, 2.05) is 18.2 Å². The first kappa shape index (κ1) is 15.6. The van der Waals surface area contributed by atoms with Crippen LogP contribution in [0, 0.1) is 0 Å². The third-order valence-corrected chi connectivity index (χ3v) is 2.52. The Hall–Kier alpha value is -1.46. The lowest BCUT2D eigenvalue weighted by molar-refractivity contribution is 0.203. The van der Waals surface area contributed by atoms with Crippen molar-refractivity contribution >= 4 is 17.6 Å². The number of nitrogens with zero attached hydrogens (tertiary/aromatic N) is 1. The van der Waals surface area contributed by atoms with E-state index in [1.54, 1.807) is 20.2 Å². The van der Waals surface area contributed by atoms with Crippen LogP contribution in [0.2, 0.25) is 5.02 Å². The van der Waals surface area contributed by atoms with Gasteiger partial charge >= 0.3 is 0 Å². The number of methoxy groups -OCH3 is 1. The molecular weight excluding hydrogens is 266 g/mol. The smallest absolute Gasteiger partial charge is 0.191 e. The van der Waals surface area contributed by atoms with Gasteiger partial charge in [-0.05, 0) is 18.2 Å². The molecule has 0 saturated heterocycles. The molecule has 2 N–H and O–H groups in total. The minimum atomic E-state index is 0.533. The standard InChI is InChI=1S/C13H20ClN3O2/c1-15-13(16-6-8-18-2)17-7-9-19-12-5-3-4-11(14)10-12/h3-5,10H,6-9H2,1-2H3,(H2,15,16,17). The molecule has 0 aliphatic carbocycles. The number of halogens is 1. The van der Waals surface area contributed by atoms with E-state index in [2.05, 4.69) is 15.6 Å². The molecule has 0 atom stereocenters.